The summed E-state index contributed by atoms with van der Waals surface area (Å²) in [7, 11) is 3.26. The number of hydrogen-bond acceptors (Lipinski definition) is 4. The molecule has 1 amide bonds. The average molecular weight is 266 g/mol. The molecule has 0 aliphatic carbocycles. The summed E-state index contributed by atoms with van der Waals surface area (Å²) in [5.74, 6) is 0.322. The summed E-state index contributed by atoms with van der Waals surface area (Å²) in [5, 5.41) is 8.71. The number of hydrogen-bond donors (Lipinski definition) is 2. The number of nitrogens with zero attached hydrogens (tertiary/aromatic N) is 1. The molecule has 0 bridgehead atoms. The molecule has 1 rings (SSSR count). The maximum absolute atomic E-state index is 12.3. The minimum absolute atomic E-state index is 0.104. The summed E-state index contributed by atoms with van der Waals surface area (Å²) < 4.78 is 5.18. The number of anilines is 1. The van der Waals surface area contributed by atoms with Crippen LogP contribution in [0.5, 0.6) is 5.75 Å². The van der Waals surface area contributed by atoms with Crippen molar-refractivity contribution in [1.29, 1.82) is 0 Å². The number of methoxy groups -OCH3 is 1. The van der Waals surface area contributed by atoms with Crippen molar-refractivity contribution in [2.45, 2.75) is 19.3 Å². The van der Waals surface area contributed by atoms with Crippen LogP contribution in [0.3, 0.4) is 0 Å². The molecule has 0 unspecified atom stereocenters. The Balaban J connectivity index is 2.69. The number of nitrogen functional groups attached to an aromatic ring is 1. The van der Waals surface area contributed by atoms with Gasteiger partial charge in [-0.3, -0.25) is 4.79 Å². The molecule has 0 fully saturated rings. The fraction of sp³-hybridized carbons (Fsp3) is 0.500. The number of rotatable bonds is 7. The Morgan fingerprint density at radius 3 is 2.74 bits per heavy atom. The van der Waals surface area contributed by atoms with Crippen LogP contribution in [0.15, 0.2) is 18.2 Å². The van der Waals surface area contributed by atoms with E-state index in [1.165, 1.54) is 7.11 Å². The number of benzene rings is 1. The smallest absolute Gasteiger partial charge is 0.257 e. The molecule has 0 aliphatic heterocycles. The van der Waals surface area contributed by atoms with Crippen molar-refractivity contribution in [3.05, 3.63) is 23.8 Å². The Labute approximate surface area is 114 Å². The first kappa shape index (κ1) is 15.3. The Bertz CT molecular complexity index is 421. The number of aliphatic hydroxyl groups is 1. The van der Waals surface area contributed by atoms with Crippen molar-refractivity contribution < 1.29 is 14.6 Å². The van der Waals surface area contributed by atoms with E-state index in [-0.39, 0.29) is 12.5 Å². The van der Waals surface area contributed by atoms with E-state index >= 15 is 0 Å². The van der Waals surface area contributed by atoms with Gasteiger partial charge in [-0.1, -0.05) is 6.07 Å². The lowest BCUT2D eigenvalue weighted by atomic mass is 10.1. The number of nitrogens with two attached hydrogens (primary N) is 1. The standard InChI is InChI=1S/C14H22N2O3/c1-16(9-4-3-5-10-17)14(18)11-7-6-8-12(15)13(11)19-2/h6-8,17H,3-5,9-10,15H2,1-2H3. The second kappa shape index (κ2) is 7.63. The summed E-state index contributed by atoms with van der Waals surface area (Å²) in [4.78, 5) is 13.9. The van der Waals surface area contributed by atoms with Crippen LogP contribution in [0.1, 0.15) is 29.6 Å². The van der Waals surface area contributed by atoms with Gasteiger partial charge in [0.15, 0.2) is 5.75 Å². The van der Waals surface area contributed by atoms with Crippen LogP contribution >= 0.6 is 0 Å². The minimum atomic E-state index is -0.104. The summed E-state index contributed by atoms with van der Waals surface area (Å²) >= 11 is 0. The third-order valence-electron chi connectivity index (χ3n) is 2.98. The first-order valence-corrected chi connectivity index (χ1v) is 6.40. The predicted molar refractivity (Wildman–Crippen MR) is 75.3 cm³/mol. The zero-order chi connectivity index (χ0) is 14.3. The van der Waals surface area contributed by atoms with E-state index in [1.807, 2.05) is 0 Å². The van der Waals surface area contributed by atoms with Gasteiger partial charge in [-0.25, -0.2) is 0 Å². The number of carbonyl (C=O) groups excluding carboxylic acids is 1. The molecule has 0 heterocycles. The lowest BCUT2D eigenvalue weighted by Gasteiger charge is -2.19. The number of ether oxygens (including phenoxy) is 1. The number of amides is 1. The lowest BCUT2D eigenvalue weighted by Crippen LogP contribution is -2.28. The van der Waals surface area contributed by atoms with E-state index in [1.54, 1.807) is 30.1 Å². The molecule has 0 aromatic heterocycles. The van der Waals surface area contributed by atoms with Gasteiger partial charge in [0.2, 0.25) is 0 Å². The van der Waals surface area contributed by atoms with Gasteiger partial charge < -0.3 is 20.5 Å². The van der Waals surface area contributed by atoms with Gasteiger partial charge in [-0.15, -0.1) is 0 Å². The highest BCUT2D eigenvalue weighted by Crippen LogP contribution is 2.26. The third kappa shape index (κ3) is 4.13. The molecule has 19 heavy (non-hydrogen) atoms. The predicted octanol–water partition coefficient (Wildman–Crippen LogP) is 1.51. The largest absolute Gasteiger partial charge is 0.494 e. The SMILES string of the molecule is COc1c(N)cccc1C(=O)N(C)CCCCCO. The van der Waals surface area contributed by atoms with Crippen LogP contribution in [0.2, 0.25) is 0 Å². The van der Waals surface area contributed by atoms with Gasteiger partial charge in [0.05, 0.1) is 18.4 Å². The van der Waals surface area contributed by atoms with Crippen molar-refractivity contribution in [2.24, 2.45) is 0 Å². The molecule has 106 valence electrons. The van der Waals surface area contributed by atoms with Crippen molar-refractivity contribution in [2.75, 3.05) is 33.0 Å². The number of aliphatic hydroxyl groups excluding tert-OH is 1. The van der Waals surface area contributed by atoms with Gasteiger partial charge in [-0.05, 0) is 31.4 Å². The molecule has 1 aromatic rings. The summed E-state index contributed by atoms with van der Waals surface area (Å²) in [6.07, 6.45) is 2.54. The van der Waals surface area contributed by atoms with Crippen LogP contribution < -0.4 is 10.5 Å². The number of para-hydroxylation sites is 1. The highest BCUT2D eigenvalue weighted by atomic mass is 16.5. The summed E-state index contributed by atoms with van der Waals surface area (Å²) in [5.41, 5.74) is 6.73. The molecule has 5 nitrogen and oxygen atoms in total. The minimum Gasteiger partial charge on any atom is -0.494 e. The molecular weight excluding hydrogens is 244 g/mol. The molecule has 3 N–H and O–H groups in total. The Kier molecular flexibility index (Phi) is 6.15. The third-order valence-corrected chi connectivity index (χ3v) is 2.98. The van der Waals surface area contributed by atoms with E-state index < -0.39 is 0 Å². The van der Waals surface area contributed by atoms with Crippen LogP contribution in [0.4, 0.5) is 5.69 Å². The first-order valence-electron chi connectivity index (χ1n) is 6.40. The lowest BCUT2D eigenvalue weighted by molar-refractivity contribution is 0.0789. The van der Waals surface area contributed by atoms with Gasteiger partial charge >= 0.3 is 0 Å². The zero-order valence-corrected chi connectivity index (χ0v) is 11.6. The monoisotopic (exact) mass is 266 g/mol. The molecule has 0 spiro atoms. The Morgan fingerprint density at radius 2 is 2.11 bits per heavy atom. The van der Waals surface area contributed by atoms with E-state index in [0.717, 1.165) is 19.3 Å². The van der Waals surface area contributed by atoms with Crippen LogP contribution in [0, 0.1) is 0 Å². The molecule has 1 aromatic carbocycles. The zero-order valence-electron chi connectivity index (χ0n) is 11.6. The maximum Gasteiger partial charge on any atom is 0.257 e. The fourth-order valence-electron chi connectivity index (χ4n) is 1.90. The quantitative estimate of drug-likeness (QED) is 0.579. The van der Waals surface area contributed by atoms with E-state index in [2.05, 4.69) is 0 Å². The van der Waals surface area contributed by atoms with Gasteiger partial charge in [0, 0.05) is 20.2 Å². The molecule has 0 saturated heterocycles. The van der Waals surface area contributed by atoms with E-state index in [0.29, 0.717) is 23.5 Å². The highest BCUT2D eigenvalue weighted by Gasteiger charge is 2.17. The molecule has 0 radical (unpaired) electrons. The molecule has 0 saturated carbocycles. The average Bonchev–Trinajstić information content (AvgIpc) is 2.42. The molecule has 0 atom stereocenters. The van der Waals surface area contributed by atoms with Crippen molar-refractivity contribution in [3.63, 3.8) is 0 Å². The second-order valence-corrected chi connectivity index (χ2v) is 4.44. The highest BCUT2D eigenvalue weighted by molar-refractivity contribution is 5.98. The Hall–Kier alpha value is -1.75. The molecule has 0 aliphatic rings. The first-order chi connectivity index (χ1) is 9.11. The normalized spacial score (nSPS) is 10.3. The van der Waals surface area contributed by atoms with Crippen LogP contribution in [-0.4, -0.2) is 43.2 Å². The van der Waals surface area contributed by atoms with Crippen LogP contribution in [0.25, 0.3) is 0 Å². The van der Waals surface area contributed by atoms with Gasteiger partial charge in [-0.2, -0.15) is 0 Å². The topological polar surface area (TPSA) is 75.8 Å². The van der Waals surface area contributed by atoms with Crippen molar-refractivity contribution >= 4 is 11.6 Å². The van der Waals surface area contributed by atoms with Crippen molar-refractivity contribution in [1.82, 2.24) is 4.90 Å². The van der Waals surface area contributed by atoms with Gasteiger partial charge in [0.1, 0.15) is 0 Å². The maximum atomic E-state index is 12.3. The second-order valence-electron chi connectivity index (χ2n) is 4.44. The number of carbonyl (C=O) groups is 1. The molecular formula is C14H22N2O3. The summed E-state index contributed by atoms with van der Waals surface area (Å²) in [6, 6.07) is 5.16. The summed E-state index contributed by atoms with van der Waals surface area (Å²) in [6.45, 7) is 0.845. The van der Waals surface area contributed by atoms with E-state index in [9.17, 15) is 4.79 Å². The van der Waals surface area contributed by atoms with E-state index in [4.69, 9.17) is 15.6 Å². The van der Waals surface area contributed by atoms with Crippen LogP contribution in [-0.2, 0) is 0 Å². The van der Waals surface area contributed by atoms with Crippen molar-refractivity contribution in [3.8, 4) is 5.75 Å². The molecule has 5 heteroatoms. The fourth-order valence-corrected chi connectivity index (χ4v) is 1.90. The van der Waals surface area contributed by atoms with Gasteiger partial charge in [0.25, 0.3) is 5.91 Å². The number of unbranched alkanes of at least 4 members (excludes halogenated alkanes) is 2. The Morgan fingerprint density at radius 1 is 1.37 bits per heavy atom.